The lowest BCUT2D eigenvalue weighted by Gasteiger charge is -2.12. The number of benzene rings is 2. The van der Waals surface area contributed by atoms with Gasteiger partial charge >= 0.3 is 0 Å². The lowest BCUT2D eigenvalue weighted by Crippen LogP contribution is -2.14. The predicted octanol–water partition coefficient (Wildman–Crippen LogP) is 5.03. The highest BCUT2D eigenvalue weighted by atomic mass is 19.1. The van der Waals surface area contributed by atoms with Gasteiger partial charge in [0.05, 0.1) is 5.52 Å². The lowest BCUT2D eigenvalue weighted by molar-refractivity contribution is 0.404. The third-order valence-corrected chi connectivity index (χ3v) is 5.15. The fourth-order valence-corrected chi connectivity index (χ4v) is 3.15. The predicted molar refractivity (Wildman–Crippen MR) is 111 cm³/mol. The van der Waals surface area contributed by atoms with Gasteiger partial charge in [-0.15, -0.1) is 0 Å². The quantitative estimate of drug-likeness (QED) is 0.530. The van der Waals surface area contributed by atoms with Crippen molar-refractivity contribution in [1.29, 1.82) is 0 Å². The Morgan fingerprint density at radius 3 is 2.48 bits per heavy atom. The Morgan fingerprint density at radius 1 is 1.10 bits per heavy atom. The fourth-order valence-electron chi connectivity index (χ4n) is 3.15. The first-order chi connectivity index (χ1) is 13.7. The molecular weight excluding hydrogens is 371 g/mol. The second-order valence-electron chi connectivity index (χ2n) is 8.04. The summed E-state index contributed by atoms with van der Waals surface area (Å²) in [4.78, 5) is 4.12. The molecule has 0 saturated heterocycles. The molecule has 5 nitrogen and oxygen atoms in total. The molecule has 0 unspecified atom stereocenters. The molecule has 0 atom stereocenters. The summed E-state index contributed by atoms with van der Waals surface area (Å²) in [6.45, 7) is 4.04. The van der Waals surface area contributed by atoms with Crippen molar-refractivity contribution in [2.24, 2.45) is 5.73 Å². The monoisotopic (exact) mass is 394 g/mol. The number of phenols is 2. The van der Waals surface area contributed by atoms with Crippen molar-refractivity contribution >= 4 is 17.0 Å². The van der Waals surface area contributed by atoms with Crippen molar-refractivity contribution in [3.05, 3.63) is 59.0 Å². The van der Waals surface area contributed by atoms with Gasteiger partial charge in [-0.2, -0.15) is 0 Å². The Labute approximate surface area is 168 Å². The highest BCUT2D eigenvalue weighted by Crippen LogP contribution is 2.38. The number of aromatic nitrogens is 1. The number of hydrogen-bond acceptors (Lipinski definition) is 5. The van der Waals surface area contributed by atoms with Crippen molar-refractivity contribution in [3.8, 4) is 23.0 Å². The van der Waals surface area contributed by atoms with Gasteiger partial charge in [0, 0.05) is 28.8 Å². The molecule has 4 N–H and O–H groups in total. The van der Waals surface area contributed by atoms with E-state index in [1.54, 1.807) is 12.1 Å². The van der Waals surface area contributed by atoms with Gasteiger partial charge in [0.1, 0.15) is 5.75 Å². The molecule has 2 aliphatic rings. The van der Waals surface area contributed by atoms with E-state index < -0.39 is 5.82 Å². The highest BCUT2D eigenvalue weighted by Gasteiger charge is 2.31. The number of rotatable bonds is 2. The summed E-state index contributed by atoms with van der Waals surface area (Å²) in [6, 6.07) is 7.73. The van der Waals surface area contributed by atoms with Crippen LogP contribution in [0.15, 0.2) is 42.1 Å². The molecule has 6 heteroatoms. The molecule has 1 fully saturated rings. The van der Waals surface area contributed by atoms with E-state index in [9.17, 15) is 14.6 Å². The van der Waals surface area contributed by atoms with Crippen LogP contribution in [0.2, 0.25) is 0 Å². The van der Waals surface area contributed by atoms with E-state index in [4.69, 9.17) is 10.5 Å². The zero-order valence-electron chi connectivity index (χ0n) is 16.4. The molecule has 29 heavy (non-hydrogen) atoms. The summed E-state index contributed by atoms with van der Waals surface area (Å²) >= 11 is 0. The summed E-state index contributed by atoms with van der Waals surface area (Å²) < 4.78 is 20.4. The maximum atomic E-state index is 14.7. The summed E-state index contributed by atoms with van der Waals surface area (Å²) in [7, 11) is 0. The normalized spacial score (nSPS) is 15.9. The number of hydrogen-bond donors (Lipinski definition) is 3. The number of allylic oxidation sites excluding steroid dienone is 1. The fraction of sp³-hybridized carbons (Fsp3) is 0.261. The van der Waals surface area contributed by atoms with E-state index in [2.05, 4.69) is 11.9 Å². The molecule has 1 saturated carbocycles. The van der Waals surface area contributed by atoms with Crippen LogP contribution >= 0.6 is 0 Å². The first-order valence-electron chi connectivity index (χ1n) is 9.49. The van der Waals surface area contributed by atoms with Gasteiger partial charge in [-0.1, -0.05) is 17.7 Å². The second-order valence-corrected chi connectivity index (χ2v) is 8.04. The van der Waals surface area contributed by atoms with Crippen molar-refractivity contribution in [2.45, 2.75) is 38.6 Å². The van der Waals surface area contributed by atoms with E-state index in [0.29, 0.717) is 22.2 Å². The summed E-state index contributed by atoms with van der Waals surface area (Å²) in [5, 5.41) is 19.8. The zero-order valence-corrected chi connectivity index (χ0v) is 16.4. The summed E-state index contributed by atoms with van der Waals surface area (Å²) in [5.74, 6) is -0.491. The highest BCUT2D eigenvalue weighted by molar-refractivity contribution is 5.88. The third kappa shape index (κ3) is 4.03. The number of fused-ring (bicyclic) bond motifs is 2. The zero-order chi connectivity index (χ0) is 20.8. The molecule has 0 spiro atoms. The van der Waals surface area contributed by atoms with Crippen LogP contribution < -0.4 is 10.5 Å². The molecule has 0 bridgehead atoms. The molecule has 150 valence electrons. The smallest absolute Gasteiger partial charge is 0.173 e. The van der Waals surface area contributed by atoms with Crippen molar-refractivity contribution in [2.75, 3.05) is 0 Å². The summed E-state index contributed by atoms with van der Waals surface area (Å²) in [5.41, 5.74) is 8.77. The molecule has 0 amide bonds. The summed E-state index contributed by atoms with van der Waals surface area (Å²) in [6.07, 6.45) is 6.54. The van der Waals surface area contributed by atoms with Crippen LogP contribution in [0.5, 0.6) is 23.0 Å². The van der Waals surface area contributed by atoms with Gasteiger partial charge < -0.3 is 20.7 Å². The minimum atomic E-state index is -0.405. The van der Waals surface area contributed by atoms with Crippen molar-refractivity contribution in [3.63, 3.8) is 0 Å². The van der Waals surface area contributed by atoms with Gasteiger partial charge in [-0.05, 0) is 56.9 Å². The minimum Gasteiger partial charge on any atom is -0.504 e. The van der Waals surface area contributed by atoms with Crippen LogP contribution in [0.3, 0.4) is 0 Å². The number of nitrogens with two attached hydrogens (primary N) is 1. The number of pyridine rings is 1. The molecule has 1 heterocycles. The van der Waals surface area contributed by atoms with Crippen LogP contribution in [-0.2, 0) is 6.42 Å². The number of nitrogens with zero attached hydrogens (tertiary/aromatic N) is 1. The van der Waals surface area contributed by atoms with E-state index in [1.807, 2.05) is 19.1 Å². The number of ether oxygens (including phenoxy) is 1. The van der Waals surface area contributed by atoms with Crippen LogP contribution in [0.25, 0.3) is 17.0 Å². The van der Waals surface area contributed by atoms with Crippen molar-refractivity contribution < 1.29 is 19.3 Å². The molecule has 2 aliphatic carbocycles. The van der Waals surface area contributed by atoms with E-state index >= 15 is 0 Å². The molecule has 0 radical (unpaired) electrons. The van der Waals surface area contributed by atoms with Crippen LogP contribution in [0.4, 0.5) is 4.39 Å². The Balaban J connectivity index is 0.000000359. The standard InChI is InChI=1S/C19H14FNO3.C4H9N/c1-10-6-11-2-3-18(19(20)12(11)7-10)24-17-4-5-21-14-9-16(23)15(22)8-13(14)17;1-4(5)2-3-4/h2-5,7-9,22-23H,6H2,1H3;2-3,5H2,1H3. The molecule has 1 aromatic heterocycles. The Hall–Kier alpha value is -3.12. The van der Waals surface area contributed by atoms with Gasteiger partial charge in [0.25, 0.3) is 0 Å². The van der Waals surface area contributed by atoms with Gasteiger partial charge in [-0.3, -0.25) is 4.98 Å². The minimum absolute atomic E-state index is 0.111. The maximum absolute atomic E-state index is 14.7. The van der Waals surface area contributed by atoms with Crippen LogP contribution in [-0.4, -0.2) is 20.7 Å². The molecular formula is C23H23FN2O3. The largest absolute Gasteiger partial charge is 0.504 e. The van der Waals surface area contributed by atoms with Gasteiger partial charge in [-0.25, -0.2) is 4.39 Å². The maximum Gasteiger partial charge on any atom is 0.173 e. The number of aromatic hydroxyl groups is 2. The number of phenolic OH excluding ortho intramolecular Hbond substituents is 2. The topological polar surface area (TPSA) is 88.6 Å². The SMILES string of the molecule is CC1(N)CC1.CC1=Cc2c(ccc(Oc3ccnc4cc(O)c(O)cc34)c2F)C1. The van der Waals surface area contributed by atoms with Gasteiger partial charge in [0.2, 0.25) is 0 Å². The molecule has 2 aromatic carbocycles. The molecule has 3 aromatic rings. The van der Waals surface area contributed by atoms with E-state index in [0.717, 1.165) is 17.6 Å². The first-order valence-corrected chi connectivity index (χ1v) is 9.49. The lowest BCUT2D eigenvalue weighted by atomic mass is 10.1. The molecule has 0 aliphatic heterocycles. The Bertz CT molecular complexity index is 1130. The molecule has 5 rings (SSSR count). The van der Waals surface area contributed by atoms with E-state index in [-0.39, 0.29) is 22.8 Å². The number of halogens is 1. The second kappa shape index (κ2) is 7.04. The van der Waals surface area contributed by atoms with Crippen molar-refractivity contribution in [1.82, 2.24) is 4.98 Å². The Kier molecular flexibility index (Phi) is 4.67. The Morgan fingerprint density at radius 2 is 1.79 bits per heavy atom. The van der Waals surface area contributed by atoms with Crippen LogP contribution in [0, 0.1) is 5.82 Å². The van der Waals surface area contributed by atoms with Crippen LogP contribution in [0.1, 0.15) is 37.8 Å². The van der Waals surface area contributed by atoms with Gasteiger partial charge in [0.15, 0.2) is 23.1 Å². The first kappa shape index (κ1) is 19.2. The van der Waals surface area contributed by atoms with E-state index in [1.165, 1.54) is 31.2 Å². The third-order valence-electron chi connectivity index (χ3n) is 5.15. The average molecular weight is 394 g/mol. The average Bonchev–Trinajstić information content (AvgIpc) is 3.21.